The summed E-state index contributed by atoms with van der Waals surface area (Å²) in [4.78, 5) is 0. The SMILES string of the molecule is CSC(SC)=[S+]C.F[B-](F)(F)F. The maximum Gasteiger partial charge on any atom is 0.673 e. The number of hydrogen-bond donors (Lipinski definition) is 0. The summed E-state index contributed by atoms with van der Waals surface area (Å²) in [6.07, 6.45) is 6.30. The van der Waals surface area contributed by atoms with Gasteiger partial charge in [-0.15, -0.1) is 0 Å². The number of halogens is 4. The lowest BCUT2D eigenvalue weighted by molar-refractivity contribution is 0.368. The lowest BCUT2D eigenvalue weighted by Crippen LogP contribution is -2.02. The van der Waals surface area contributed by atoms with Gasteiger partial charge in [-0.1, -0.05) is 23.5 Å². The van der Waals surface area contributed by atoms with Gasteiger partial charge in [-0.05, 0) is 12.5 Å². The summed E-state index contributed by atoms with van der Waals surface area (Å²) in [6.45, 7) is 0. The van der Waals surface area contributed by atoms with Gasteiger partial charge in [-0.25, -0.2) is 0 Å². The van der Waals surface area contributed by atoms with Crippen molar-refractivity contribution >= 4 is 45.7 Å². The summed E-state index contributed by atoms with van der Waals surface area (Å²) in [5.41, 5.74) is 0. The highest BCUT2D eigenvalue weighted by molar-refractivity contribution is 8.46. The van der Waals surface area contributed by atoms with Crippen LogP contribution in [-0.4, -0.2) is 29.6 Å². The monoisotopic (exact) mass is 240 g/mol. The molecular formula is C4H9BF4S3. The predicted molar refractivity (Wildman–Crippen MR) is 55.5 cm³/mol. The quantitative estimate of drug-likeness (QED) is 0.276. The van der Waals surface area contributed by atoms with Crippen molar-refractivity contribution in [1.29, 1.82) is 0 Å². The van der Waals surface area contributed by atoms with Gasteiger partial charge in [-0.2, -0.15) is 0 Å². The minimum absolute atomic E-state index is 1.43. The highest BCUT2D eigenvalue weighted by Gasteiger charge is 2.20. The summed E-state index contributed by atoms with van der Waals surface area (Å²) in [5.74, 6) is 0. The van der Waals surface area contributed by atoms with Crippen molar-refractivity contribution in [1.82, 2.24) is 0 Å². The van der Waals surface area contributed by atoms with E-state index in [1.807, 2.05) is 34.9 Å². The van der Waals surface area contributed by atoms with Crippen LogP contribution in [0, 0.1) is 0 Å². The van der Waals surface area contributed by atoms with Crippen LogP contribution in [0.5, 0.6) is 0 Å². The summed E-state index contributed by atoms with van der Waals surface area (Å²) in [5, 5.41) is 0. The fourth-order valence-electron chi connectivity index (χ4n) is 0.250. The lowest BCUT2D eigenvalue weighted by Gasteiger charge is -1.94. The zero-order chi connectivity index (χ0) is 10.2. The van der Waals surface area contributed by atoms with Crippen LogP contribution in [0.3, 0.4) is 0 Å². The molecule has 0 aromatic rings. The average Bonchev–Trinajstić information content (AvgIpc) is 1.88. The molecule has 0 fully saturated rings. The van der Waals surface area contributed by atoms with Gasteiger partial charge in [0.15, 0.2) is 17.6 Å². The highest BCUT2D eigenvalue weighted by Crippen LogP contribution is 2.07. The summed E-state index contributed by atoms with van der Waals surface area (Å²) < 4.78 is 40.4. The first-order chi connectivity index (χ1) is 5.35. The van der Waals surface area contributed by atoms with E-state index in [9.17, 15) is 17.3 Å². The number of hydrogen-bond acceptors (Lipinski definition) is 2. The summed E-state index contributed by atoms with van der Waals surface area (Å²) in [7, 11) is -6.00. The van der Waals surface area contributed by atoms with Crippen LogP contribution in [0.2, 0.25) is 0 Å². The van der Waals surface area contributed by atoms with E-state index in [1.165, 1.54) is 3.53 Å². The molecule has 0 N–H and O–H groups in total. The van der Waals surface area contributed by atoms with Gasteiger partial charge in [0.2, 0.25) is 0 Å². The Bertz CT molecular complexity index is 123. The van der Waals surface area contributed by atoms with Crippen molar-refractivity contribution < 1.29 is 17.3 Å². The minimum Gasteiger partial charge on any atom is -0.418 e. The van der Waals surface area contributed by atoms with Gasteiger partial charge >= 0.3 is 7.25 Å². The zero-order valence-electron chi connectivity index (χ0n) is 6.81. The third-order valence-electron chi connectivity index (χ3n) is 0.500. The standard InChI is InChI=1S/C4H9S3.BF4/c1-5-4(6-2)7-3;2-1(3,4)5/h1-3H3;/q+1;-1. The maximum atomic E-state index is 9.75. The van der Waals surface area contributed by atoms with E-state index in [0.717, 1.165) is 0 Å². The molecule has 0 aliphatic carbocycles. The van der Waals surface area contributed by atoms with Gasteiger partial charge in [0, 0.05) is 0 Å². The van der Waals surface area contributed by atoms with Gasteiger partial charge in [0.25, 0.3) is 3.53 Å². The first kappa shape index (κ1) is 15.1. The van der Waals surface area contributed by atoms with Crippen LogP contribution in [0.15, 0.2) is 0 Å². The lowest BCUT2D eigenvalue weighted by atomic mass is 10.3. The Labute approximate surface area is 81.9 Å². The van der Waals surface area contributed by atoms with Crippen molar-refractivity contribution in [2.24, 2.45) is 0 Å². The van der Waals surface area contributed by atoms with E-state index >= 15 is 0 Å². The van der Waals surface area contributed by atoms with Crippen molar-refractivity contribution in [3.05, 3.63) is 0 Å². The molecule has 0 amide bonds. The molecule has 0 nitrogen and oxygen atoms in total. The van der Waals surface area contributed by atoms with E-state index in [2.05, 4.69) is 18.8 Å². The van der Waals surface area contributed by atoms with Crippen LogP contribution >= 0.6 is 23.5 Å². The van der Waals surface area contributed by atoms with Crippen LogP contribution in [0.4, 0.5) is 17.3 Å². The molecule has 0 rings (SSSR count). The Kier molecular flexibility index (Phi) is 10.3. The Morgan fingerprint density at radius 1 is 1.08 bits per heavy atom. The van der Waals surface area contributed by atoms with Crippen molar-refractivity contribution in [3.63, 3.8) is 0 Å². The fraction of sp³-hybridized carbons (Fsp3) is 0.750. The van der Waals surface area contributed by atoms with E-state index in [1.54, 1.807) is 0 Å². The second-order valence-corrected chi connectivity index (χ2v) is 4.58. The molecule has 0 radical (unpaired) electrons. The highest BCUT2D eigenvalue weighted by atomic mass is 32.2. The van der Waals surface area contributed by atoms with Crippen LogP contribution in [0.25, 0.3) is 0 Å². The second-order valence-electron chi connectivity index (χ2n) is 1.36. The molecule has 12 heavy (non-hydrogen) atoms. The number of thioether (sulfide) groups is 2. The molecule has 0 aromatic carbocycles. The second kappa shape index (κ2) is 8.19. The van der Waals surface area contributed by atoms with E-state index in [4.69, 9.17) is 0 Å². The molecule has 0 bridgehead atoms. The van der Waals surface area contributed by atoms with Gasteiger partial charge in [0.05, 0.1) is 0 Å². The normalized spacial score (nSPS) is 9.92. The Hall–Kier alpha value is 0.575. The Balaban J connectivity index is 0. The topological polar surface area (TPSA) is 0 Å². The molecule has 0 aromatic heterocycles. The van der Waals surface area contributed by atoms with Crippen LogP contribution in [-0.2, 0) is 11.4 Å². The van der Waals surface area contributed by atoms with Crippen molar-refractivity contribution in [2.45, 2.75) is 0 Å². The minimum atomic E-state index is -6.00. The molecule has 0 aliphatic heterocycles. The van der Waals surface area contributed by atoms with Gasteiger partial charge < -0.3 is 17.3 Å². The van der Waals surface area contributed by atoms with E-state index < -0.39 is 7.25 Å². The van der Waals surface area contributed by atoms with Crippen LogP contribution < -0.4 is 0 Å². The van der Waals surface area contributed by atoms with Gasteiger partial charge in [-0.3, -0.25) is 0 Å². The predicted octanol–water partition coefficient (Wildman–Crippen LogP) is 2.81. The molecule has 0 unspecified atom stereocenters. The fourth-order valence-corrected chi connectivity index (χ4v) is 2.25. The first-order valence-corrected chi connectivity index (χ1v) is 6.38. The molecule has 0 heterocycles. The molecule has 0 aliphatic rings. The number of rotatable bonds is 0. The summed E-state index contributed by atoms with van der Waals surface area (Å²) in [6, 6.07) is 0. The molecule has 8 heteroatoms. The zero-order valence-corrected chi connectivity index (χ0v) is 9.26. The Morgan fingerprint density at radius 2 is 1.33 bits per heavy atom. The third-order valence-corrected chi connectivity index (χ3v) is 4.50. The molecule has 74 valence electrons. The maximum absolute atomic E-state index is 9.75. The van der Waals surface area contributed by atoms with E-state index in [0.29, 0.717) is 0 Å². The van der Waals surface area contributed by atoms with Crippen molar-refractivity contribution in [2.75, 3.05) is 18.8 Å². The van der Waals surface area contributed by atoms with Crippen LogP contribution in [0.1, 0.15) is 0 Å². The molecule has 0 saturated carbocycles. The first-order valence-electron chi connectivity index (χ1n) is 2.71. The largest absolute Gasteiger partial charge is 0.673 e. The molecular weight excluding hydrogens is 231 g/mol. The summed E-state index contributed by atoms with van der Waals surface area (Å²) >= 11 is 5.44. The molecule has 0 atom stereocenters. The molecule has 0 spiro atoms. The van der Waals surface area contributed by atoms with Crippen molar-refractivity contribution in [3.8, 4) is 0 Å². The third kappa shape index (κ3) is 22.4. The van der Waals surface area contributed by atoms with Gasteiger partial charge in [0.1, 0.15) is 0 Å². The average molecular weight is 240 g/mol. The van der Waals surface area contributed by atoms with E-state index in [-0.39, 0.29) is 0 Å². The molecule has 0 saturated heterocycles. The Morgan fingerprint density at radius 3 is 1.33 bits per heavy atom. The smallest absolute Gasteiger partial charge is 0.418 e.